The molecule has 1 aliphatic rings. The first-order chi connectivity index (χ1) is 8.57. The maximum atomic E-state index is 12.0. The van der Waals surface area contributed by atoms with Gasteiger partial charge in [-0.3, -0.25) is 14.5 Å². The maximum absolute atomic E-state index is 12.0. The molecular formula is C13H12NO4-. The first-order valence-electron chi connectivity index (χ1n) is 5.75. The molecule has 0 N–H and O–H groups in total. The number of carbonyl (C=O) groups is 3. The molecule has 1 aliphatic heterocycles. The predicted molar refractivity (Wildman–Crippen MR) is 60.6 cm³/mol. The van der Waals surface area contributed by atoms with Gasteiger partial charge in [0, 0.05) is 0 Å². The van der Waals surface area contributed by atoms with Gasteiger partial charge in [-0.25, -0.2) is 0 Å². The lowest BCUT2D eigenvalue weighted by atomic mass is 10.1. The Bertz CT molecular complexity index is 488. The topological polar surface area (TPSA) is 77.5 Å². The zero-order valence-electron chi connectivity index (χ0n) is 9.88. The van der Waals surface area contributed by atoms with E-state index in [0.717, 1.165) is 4.90 Å². The van der Waals surface area contributed by atoms with Gasteiger partial charge < -0.3 is 9.90 Å². The van der Waals surface area contributed by atoms with Crippen LogP contribution in [0.3, 0.4) is 0 Å². The van der Waals surface area contributed by atoms with E-state index in [1.807, 2.05) is 0 Å². The van der Waals surface area contributed by atoms with Crippen LogP contribution < -0.4 is 5.11 Å². The summed E-state index contributed by atoms with van der Waals surface area (Å²) in [7, 11) is 0. The third kappa shape index (κ3) is 1.77. The fourth-order valence-corrected chi connectivity index (χ4v) is 2.12. The van der Waals surface area contributed by atoms with Gasteiger partial charge in [0.15, 0.2) is 0 Å². The van der Waals surface area contributed by atoms with Crippen molar-refractivity contribution in [3.8, 4) is 0 Å². The number of hydrogen-bond acceptors (Lipinski definition) is 4. The highest BCUT2D eigenvalue weighted by Gasteiger charge is 2.39. The summed E-state index contributed by atoms with van der Waals surface area (Å²) in [5, 5.41) is 11.1. The molecule has 0 fully saturated rings. The molecule has 1 atom stereocenters. The van der Waals surface area contributed by atoms with E-state index in [4.69, 9.17) is 0 Å². The Kier molecular flexibility index (Phi) is 3.14. The highest BCUT2D eigenvalue weighted by molar-refractivity contribution is 6.22. The summed E-state index contributed by atoms with van der Waals surface area (Å²) in [5.41, 5.74) is 0.509. The third-order valence-electron chi connectivity index (χ3n) is 2.97. The minimum atomic E-state index is -1.40. The molecule has 0 aromatic heterocycles. The number of aliphatic carboxylic acids is 1. The van der Waals surface area contributed by atoms with Gasteiger partial charge in [0.1, 0.15) is 0 Å². The summed E-state index contributed by atoms with van der Waals surface area (Å²) < 4.78 is 0. The third-order valence-corrected chi connectivity index (χ3v) is 2.97. The van der Waals surface area contributed by atoms with Crippen molar-refractivity contribution in [2.75, 3.05) is 0 Å². The summed E-state index contributed by atoms with van der Waals surface area (Å²) in [4.78, 5) is 35.9. The second-order valence-corrected chi connectivity index (χ2v) is 4.15. The van der Waals surface area contributed by atoms with Gasteiger partial charge in [-0.15, -0.1) is 0 Å². The van der Waals surface area contributed by atoms with E-state index in [2.05, 4.69) is 0 Å². The van der Waals surface area contributed by atoms with Crippen LogP contribution in [0.5, 0.6) is 0 Å². The van der Waals surface area contributed by atoms with Gasteiger partial charge in [0.05, 0.1) is 23.1 Å². The van der Waals surface area contributed by atoms with Crippen molar-refractivity contribution in [1.82, 2.24) is 4.90 Å². The maximum Gasteiger partial charge on any atom is 0.262 e. The number of fused-ring (bicyclic) bond motifs is 1. The van der Waals surface area contributed by atoms with Crippen molar-refractivity contribution >= 4 is 17.8 Å². The van der Waals surface area contributed by atoms with Gasteiger partial charge in [-0.2, -0.15) is 0 Å². The lowest BCUT2D eigenvalue weighted by Crippen LogP contribution is -2.50. The summed E-state index contributed by atoms with van der Waals surface area (Å²) >= 11 is 0. The number of carboxylic acids is 1. The van der Waals surface area contributed by atoms with Crippen molar-refractivity contribution < 1.29 is 19.5 Å². The summed E-state index contributed by atoms with van der Waals surface area (Å²) in [5.74, 6) is -2.51. The average Bonchev–Trinajstić information content (AvgIpc) is 2.60. The zero-order valence-corrected chi connectivity index (χ0v) is 9.88. The molecule has 94 valence electrons. The van der Waals surface area contributed by atoms with Crippen LogP contribution in [0, 0.1) is 0 Å². The lowest BCUT2D eigenvalue weighted by molar-refractivity contribution is -0.310. The minimum absolute atomic E-state index is 0.202. The highest BCUT2D eigenvalue weighted by atomic mass is 16.4. The molecule has 1 heterocycles. The molecule has 5 nitrogen and oxygen atoms in total. The first-order valence-corrected chi connectivity index (χ1v) is 5.75. The van der Waals surface area contributed by atoms with Crippen LogP contribution in [0.2, 0.25) is 0 Å². The van der Waals surface area contributed by atoms with E-state index in [9.17, 15) is 19.5 Å². The van der Waals surface area contributed by atoms with Crippen LogP contribution in [-0.2, 0) is 4.79 Å². The average molecular weight is 246 g/mol. The van der Waals surface area contributed by atoms with Gasteiger partial charge in [-0.1, -0.05) is 25.5 Å². The molecule has 0 unspecified atom stereocenters. The van der Waals surface area contributed by atoms with Crippen molar-refractivity contribution in [3.63, 3.8) is 0 Å². The number of nitrogens with zero attached hydrogens (tertiary/aromatic N) is 1. The molecule has 5 heteroatoms. The van der Waals surface area contributed by atoms with Gasteiger partial charge >= 0.3 is 0 Å². The van der Waals surface area contributed by atoms with Crippen molar-refractivity contribution in [1.29, 1.82) is 0 Å². The number of carboxylic acid groups (broad SMARTS) is 1. The molecule has 0 bridgehead atoms. The Hall–Kier alpha value is -2.17. The molecule has 0 aliphatic carbocycles. The van der Waals surface area contributed by atoms with Crippen LogP contribution in [0.1, 0.15) is 40.5 Å². The van der Waals surface area contributed by atoms with Crippen LogP contribution in [-0.4, -0.2) is 28.7 Å². The molecule has 2 rings (SSSR count). The summed E-state index contributed by atoms with van der Waals surface area (Å²) in [6, 6.07) is 5.13. The standard InChI is InChI=1S/C13H13NO4/c1-2-5-10(13(17)18)14-11(15)8-6-3-4-7-9(8)12(14)16/h3-4,6-7,10H,2,5H2,1H3,(H,17,18)/p-1/t10-/m0/s1. The van der Waals surface area contributed by atoms with Gasteiger partial charge in [0.25, 0.3) is 11.8 Å². The zero-order chi connectivity index (χ0) is 13.3. The van der Waals surface area contributed by atoms with E-state index >= 15 is 0 Å². The van der Waals surface area contributed by atoms with E-state index < -0.39 is 23.8 Å². The van der Waals surface area contributed by atoms with Gasteiger partial charge in [-0.05, 0) is 18.6 Å². The number of imide groups is 1. The van der Waals surface area contributed by atoms with E-state index in [-0.39, 0.29) is 17.5 Å². The normalized spacial score (nSPS) is 15.7. The second kappa shape index (κ2) is 4.60. The number of rotatable bonds is 4. The molecule has 1 aromatic rings. The number of benzene rings is 1. The SMILES string of the molecule is CCC[C@@H](C(=O)[O-])N1C(=O)c2ccccc2C1=O. The highest BCUT2D eigenvalue weighted by Crippen LogP contribution is 2.25. The summed E-state index contributed by atoms with van der Waals surface area (Å²) in [6.07, 6.45) is 0.750. The van der Waals surface area contributed by atoms with Gasteiger partial charge in [0.2, 0.25) is 0 Å². The quantitative estimate of drug-likeness (QED) is 0.711. The van der Waals surface area contributed by atoms with E-state index in [1.165, 1.54) is 12.1 Å². The molecule has 0 radical (unpaired) electrons. The van der Waals surface area contributed by atoms with Crippen LogP contribution >= 0.6 is 0 Å². The Balaban J connectivity index is 2.41. The lowest BCUT2D eigenvalue weighted by Gasteiger charge is -2.26. The first kappa shape index (κ1) is 12.3. The Morgan fingerprint density at radius 1 is 1.22 bits per heavy atom. The summed E-state index contributed by atoms with van der Waals surface area (Å²) in [6.45, 7) is 1.79. The largest absolute Gasteiger partial charge is 0.548 e. The van der Waals surface area contributed by atoms with E-state index in [0.29, 0.717) is 6.42 Å². The molecule has 1 aromatic carbocycles. The van der Waals surface area contributed by atoms with Crippen molar-refractivity contribution in [2.24, 2.45) is 0 Å². The van der Waals surface area contributed by atoms with Crippen molar-refractivity contribution in [3.05, 3.63) is 35.4 Å². The Morgan fingerprint density at radius 3 is 2.11 bits per heavy atom. The predicted octanol–water partition coefficient (Wildman–Crippen LogP) is 0.201. The molecule has 0 saturated heterocycles. The molecular weight excluding hydrogens is 234 g/mol. The molecule has 0 spiro atoms. The molecule has 2 amide bonds. The smallest absolute Gasteiger partial charge is 0.262 e. The fraction of sp³-hybridized carbons (Fsp3) is 0.308. The second-order valence-electron chi connectivity index (χ2n) is 4.15. The van der Waals surface area contributed by atoms with Crippen LogP contribution in [0.25, 0.3) is 0 Å². The Labute approximate surface area is 104 Å². The van der Waals surface area contributed by atoms with Crippen LogP contribution in [0.4, 0.5) is 0 Å². The monoisotopic (exact) mass is 246 g/mol. The van der Waals surface area contributed by atoms with Crippen LogP contribution in [0.15, 0.2) is 24.3 Å². The van der Waals surface area contributed by atoms with Crippen molar-refractivity contribution in [2.45, 2.75) is 25.8 Å². The molecule has 0 saturated carbocycles. The fourth-order valence-electron chi connectivity index (χ4n) is 2.12. The van der Waals surface area contributed by atoms with E-state index in [1.54, 1.807) is 19.1 Å². The molecule has 18 heavy (non-hydrogen) atoms. The minimum Gasteiger partial charge on any atom is -0.548 e. The number of hydrogen-bond donors (Lipinski definition) is 0. The Morgan fingerprint density at radius 2 is 1.72 bits per heavy atom. The number of carbonyl (C=O) groups excluding carboxylic acids is 3. The number of amides is 2.